The van der Waals surface area contributed by atoms with Crippen molar-refractivity contribution < 1.29 is 19.0 Å². The number of fused-ring (bicyclic) bond motifs is 2. The smallest absolute Gasteiger partial charge is 0.338 e. The van der Waals surface area contributed by atoms with Gasteiger partial charge in [-0.25, -0.2) is 9.48 Å². The molecular formula is C18H16ClN3O4. The lowest BCUT2D eigenvalue weighted by Gasteiger charge is -2.20. The molecule has 0 amide bonds. The Morgan fingerprint density at radius 2 is 2.12 bits per heavy atom. The maximum atomic E-state index is 12.3. The minimum absolute atomic E-state index is 0.0783. The lowest BCUT2D eigenvalue weighted by atomic mass is 10.2. The molecule has 0 saturated carbocycles. The van der Waals surface area contributed by atoms with Gasteiger partial charge in [0.2, 0.25) is 0 Å². The van der Waals surface area contributed by atoms with E-state index in [9.17, 15) is 4.79 Å². The third-order valence-electron chi connectivity index (χ3n) is 4.08. The van der Waals surface area contributed by atoms with Crippen LogP contribution in [0.2, 0.25) is 5.02 Å². The van der Waals surface area contributed by atoms with Gasteiger partial charge in [-0.3, -0.25) is 0 Å². The summed E-state index contributed by atoms with van der Waals surface area (Å²) in [4.78, 5) is 12.3. The fourth-order valence-corrected chi connectivity index (χ4v) is 3.10. The predicted molar refractivity (Wildman–Crippen MR) is 94.8 cm³/mol. The van der Waals surface area contributed by atoms with Crippen LogP contribution in [0.15, 0.2) is 30.3 Å². The average molecular weight is 374 g/mol. The lowest BCUT2D eigenvalue weighted by Crippen LogP contribution is -2.16. The van der Waals surface area contributed by atoms with E-state index in [-0.39, 0.29) is 6.61 Å². The van der Waals surface area contributed by atoms with Gasteiger partial charge in [-0.2, -0.15) is 0 Å². The van der Waals surface area contributed by atoms with Crippen LogP contribution >= 0.6 is 11.6 Å². The largest absolute Gasteiger partial charge is 0.486 e. The number of carbonyl (C=O) groups excluding carboxylic acids is 1. The molecule has 1 aromatic heterocycles. The molecule has 0 aliphatic carbocycles. The first kappa shape index (κ1) is 16.7. The maximum absolute atomic E-state index is 12.3. The molecule has 7 nitrogen and oxygen atoms in total. The number of esters is 1. The minimum atomic E-state index is -0.441. The second-order valence-corrected chi connectivity index (χ2v) is 6.19. The van der Waals surface area contributed by atoms with Gasteiger partial charge in [0.1, 0.15) is 25.3 Å². The number of nitrogens with zero attached hydrogens (tertiary/aromatic N) is 3. The summed E-state index contributed by atoms with van der Waals surface area (Å²) in [6, 6.07) is 8.67. The molecule has 2 heterocycles. The number of halogens is 1. The first-order chi connectivity index (χ1) is 12.7. The number of aryl methyl sites for hydroxylation is 1. The second-order valence-electron chi connectivity index (χ2n) is 5.79. The van der Waals surface area contributed by atoms with Gasteiger partial charge in [0.25, 0.3) is 0 Å². The summed E-state index contributed by atoms with van der Waals surface area (Å²) in [5.74, 6) is 0.647. The number of carbonyl (C=O) groups is 1. The Morgan fingerprint density at radius 1 is 1.27 bits per heavy atom. The van der Waals surface area contributed by atoms with Crippen molar-refractivity contribution in [1.29, 1.82) is 0 Å². The molecule has 1 aliphatic heterocycles. The molecule has 0 fully saturated rings. The van der Waals surface area contributed by atoms with Crippen molar-refractivity contribution in [3.8, 4) is 11.5 Å². The maximum Gasteiger partial charge on any atom is 0.338 e. The van der Waals surface area contributed by atoms with Crippen molar-refractivity contribution in [2.24, 2.45) is 0 Å². The van der Waals surface area contributed by atoms with Gasteiger partial charge in [-0.1, -0.05) is 16.8 Å². The highest BCUT2D eigenvalue weighted by Gasteiger charge is 2.18. The van der Waals surface area contributed by atoms with Crippen molar-refractivity contribution in [3.05, 3.63) is 46.5 Å². The Hall–Kier alpha value is -2.80. The second kappa shape index (κ2) is 6.84. The molecule has 0 saturated heterocycles. The Bertz CT molecular complexity index is 986. The molecule has 134 valence electrons. The van der Waals surface area contributed by atoms with Crippen LogP contribution in [0.3, 0.4) is 0 Å². The molecule has 0 atom stereocenters. The van der Waals surface area contributed by atoms with E-state index in [0.29, 0.717) is 47.4 Å². The van der Waals surface area contributed by atoms with Gasteiger partial charge >= 0.3 is 5.97 Å². The third kappa shape index (κ3) is 3.06. The topological polar surface area (TPSA) is 75.5 Å². The van der Waals surface area contributed by atoms with Crippen molar-refractivity contribution in [1.82, 2.24) is 15.0 Å². The highest BCUT2D eigenvalue weighted by atomic mass is 35.5. The number of hydrogen-bond donors (Lipinski definition) is 0. The van der Waals surface area contributed by atoms with Gasteiger partial charge in [0.05, 0.1) is 16.1 Å². The van der Waals surface area contributed by atoms with Crippen LogP contribution in [0.1, 0.15) is 22.8 Å². The fourth-order valence-electron chi connectivity index (χ4n) is 2.81. The Kier molecular flexibility index (Phi) is 4.38. The summed E-state index contributed by atoms with van der Waals surface area (Å²) in [6.45, 7) is 3.70. The van der Waals surface area contributed by atoms with Crippen LogP contribution in [0, 0.1) is 0 Å². The van der Waals surface area contributed by atoms with E-state index in [2.05, 4.69) is 10.3 Å². The quantitative estimate of drug-likeness (QED) is 0.653. The summed E-state index contributed by atoms with van der Waals surface area (Å²) in [5.41, 5.74) is 2.68. The molecule has 4 rings (SSSR count). The minimum Gasteiger partial charge on any atom is -0.486 e. The van der Waals surface area contributed by atoms with Gasteiger partial charge in [-0.15, -0.1) is 5.10 Å². The van der Waals surface area contributed by atoms with Crippen molar-refractivity contribution in [3.63, 3.8) is 0 Å². The highest BCUT2D eigenvalue weighted by Crippen LogP contribution is 2.38. The molecular weight excluding hydrogens is 358 g/mol. The molecule has 2 aromatic carbocycles. The van der Waals surface area contributed by atoms with E-state index < -0.39 is 5.97 Å². The molecule has 26 heavy (non-hydrogen) atoms. The molecule has 0 unspecified atom stereocenters. The Morgan fingerprint density at radius 3 is 2.96 bits per heavy atom. The lowest BCUT2D eigenvalue weighted by molar-refractivity contribution is 0.0472. The number of ether oxygens (including phenoxy) is 3. The zero-order valence-electron chi connectivity index (χ0n) is 14.1. The van der Waals surface area contributed by atoms with Gasteiger partial charge < -0.3 is 14.2 Å². The summed E-state index contributed by atoms with van der Waals surface area (Å²) < 4.78 is 18.2. The van der Waals surface area contributed by atoms with Crippen LogP contribution in [0.5, 0.6) is 11.5 Å². The van der Waals surface area contributed by atoms with Crippen LogP contribution < -0.4 is 9.47 Å². The van der Waals surface area contributed by atoms with E-state index in [0.717, 1.165) is 11.1 Å². The van der Waals surface area contributed by atoms with Crippen LogP contribution in [0.25, 0.3) is 11.0 Å². The number of aromatic nitrogens is 3. The number of hydrogen-bond acceptors (Lipinski definition) is 6. The number of rotatable bonds is 4. The average Bonchev–Trinajstić information content (AvgIpc) is 3.08. The predicted octanol–water partition coefficient (Wildman–Crippen LogP) is 3.23. The highest BCUT2D eigenvalue weighted by molar-refractivity contribution is 6.32. The van der Waals surface area contributed by atoms with E-state index in [1.807, 2.05) is 13.0 Å². The molecule has 0 N–H and O–H groups in total. The first-order valence-electron chi connectivity index (χ1n) is 8.24. The fraction of sp³-hybridized carbons (Fsp3) is 0.278. The SMILES string of the molecule is CCn1nnc2cc(C(=O)OCc3cc(Cl)c4c(c3)OCCO4)ccc21. The van der Waals surface area contributed by atoms with Gasteiger partial charge in [0.15, 0.2) is 11.5 Å². The summed E-state index contributed by atoms with van der Waals surface area (Å²) in [6.07, 6.45) is 0. The standard InChI is InChI=1S/C18H16ClN3O4/c1-2-22-15-4-3-12(9-14(15)20-21-22)18(23)26-10-11-7-13(19)17-16(8-11)24-5-6-25-17/h3-4,7-9H,2,5-6,10H2,1H3. The van der Waals surface area contributed by atoms with Crippen LogP contribution in [0.4, 0.5) is 0 Å². The van der Waals surface area contributed by atoms with Crippen molar-refractivity contribution in [2.75, 3.05) is 13.2 Å². The Labute approximate surface area is 154 Å². The monoisotopic (exact) mass is 373 g/mol. The third-order valence-corrected chi connectivity index (χ3v) is 4.36. The zero-order chi connectivity index (χ0) is 18.1. The van der Waals surface area contributed by atoms with E-state index in [1.165, 1.54) is 0 Å². The normalized spacial score (nSPS) is 13.0. The first-order valence-corrected chi connectivity index (χ1v) is 8.62. The van der Waals surface area contributed by atoms with Crippen LogP contribution in [-0.4, -0.2) is 34.2 Å². The summed E-state index contributed by atoms with van der Waals surface area (Å²) >= 11 is 6.20. The molecule has 8 heteroatoms. The zero-order valence-corrected chi connectivity index (χ0v) is 14.8. The number of benzene rings is 2. The molecule has 1 aliphatic rings. The van der Waals surface area contributed by atoms with E-state index >= 15 is 0 Å². The van der Waals surface area contributed by atoms with E-state index in [4.69, 9.17) is 25.8 Å². The Balaban J connectivity index is 1.49. The summed E-state index contributed by atoms with van der Waals surface area (Å²) in [5, 5.41) is 8.54. The van der Waals surface area contributed by atoms with Gasteiger partial charge in [-0.05, 0) is 42.8 Å². The molecule has 0 spiro atoms. The van der Waals surface area contributed by atoms with Gasteiger partial charge in [0, 0.05) is 6.54 Å². The molecule has 0 bridgehead atoms. The van der Waals surface area contributed by atoms with Crippen LogP contribution in [-0.2, 0) is 17.9 Å². The van der Waals surface area contributed by atoms with Crippen molar-refractivity contribution in [2.45, 2.75) is 20.1 Å². The summed E-state index contributed by atoms with van der Waals surface area (Å²) in [7, 11) is 0. The molecule has 3 aromatic rings. The van der Waals surface area contributed by atoms with Crippen molar-refractivity contribution >= 4 is 28.6 Å². The van der Waals surface area contributed by atoms with E-state index in [1.54, 1.807) is 28.9 Å². The molecule has 0 radical (unpaired) electrons.